The number of nitriles is 1. The van der Waals surface area contributed by atoms with Gasteiger partial charge in [-0.3, -0.25) is 4.79 Å². The Bertz CT molecular complexity index is 535. The Hall–Kier alpha value is -1.38. The summed E-state index contributed by atoms with van der Waals surface area (Å²) in [6.07, 6.45) is 0.723. The number of hydrogen-bond donors (Lipinski definition) is 2. The number of rotatable bonds is 4. The van der Waals surface area contributed by atoms with Gasteiger partial charge in [0.1, 0.15) is 11.1 Å². The fraction of sp³-hybridized carbons (Fsp3) is 0.600. The van der Waals surface area contributed by atoms with Gasteiger partial charge >= 0.3 is 0 Å². The quantitative estimate of drug-likeness (QED) is 0.894. The van der Waals surface area contributed by atoms with Crippen molar-refractivity contribution in [3.8, 4) is 6.07 Å². The first-order chi connectivity index (χ1) is 9.19. The van der Waals surface area contributed by atoms with E-state index in [1.807, 2.05) is 13.8 Å². The number of nitrogens with one attached hydrogen (secondary N) is 1. The van der Waals surface area contributed by atoms with Gasteiger partial charge in [-0.25, -0.2) is 0 Å². The predicted octanol–water partition coefficient (Wildman–Crippen LogP) is 3.19. The third-order valence-corrected chi connectivity index (χ3v) is 4.37. The first kappa shape index (κ1) is 16.7. The summed E-state index contributed by atoms with van der Waals surface area (Å²) in [7, 11) is 0. The SMILES string of the molecule is Cc1sc(NC(=O)C(CN)CC(C)(C)C)c(C#N)c1C. The van der Waals surface area contributed by atoms with Crippen LogP contribution in [0, 0.1) is 36.5 Å². The molecular weight excluding hydrogens is 270 g/mol. The van der Waals surface area contributed by atoms with Crippen LogP contribution in [0.15, 0.2) is 0 Å². The van der Waals surface area contributed by atoms with Gasteiger partial charge in [-0.15, -0.1) is 11.3 Å². The zero-order valence-corrected chi connectivity index (χ0v) is 13.6. The van der Waals surface area contributed by atoms with Crippen molar-refractivity contribution in [2.45, 2.75) is 41.0 Å². The summed E-state index contributed by atoms with van der Waals surface area (Å²) in [5.41, 5.74) is 7.26. The van der Waals surface area contributed by atoms with Gasteiger partial charge in [0.25, 0.3) is 0 Å². The summed E-state index contributed by atoms with van der Waals surface area (Å²) in [6.45, 7) is 10.4. The van der Waals surface area contributed by atoms with Crippen LogP contribution in [0.2, 0.25) is 0 Å². The molecule has 1 aromatic rings. The Morgan fingerprint density at radius 2 is 2.05 bits per heavy atom. The van der Waals surface area contributed by atoms with E-state index >= 15 is 0 Å². The zero-order chi connectivity index (χ0) is 15.5. The minimum Gasteiger partial charge on any atom is -0.330 e. The molecule has 1 heterocycles. The molecular formula is C15H23N3OS. The van der Waals surface area contributed by atoms with Crippen LogP contribution in [-0.4, -0.2) is 12.5 Å². The lowest BCUT2D eigenvalue weighted by Gasteiger charge is -2.24. The van der Waals surface area contributed by atoms with Crippen LogP contribution in [0.5, 0.6) is 0 Å². The normalized spacial score (nSPS) is 12.8. The zero-order valence-electron chi connectivity index (χ0n) is 12.8. The molecule has 0 aromatic carbocycles. The minimum absolute atomic E-state index is 0.0424. The molecule has 0 radical (unpaired) electrons. The van der Waals surface area contributed by atoms with Gasteiger partial charge in [0.05, 0.1) is 11.5 Å². The molecule has 1 unspecified atom stereocenters. The Morgan fingerprint density at radius 3 is 2.50 bits per heavy atom. The van der Waals surface area contributed by atoms with E-state index in [0.717, 1.165) is 16.9 Å². The van der Waals surface area contributed by atoms with Gasteiger partial charge in [-0.05, 0) is 31.2 Å². The average Bonchev–Trinajstić information content (AvgIpc) is 2.60. The second-order valence-electron chi connectivity index (χ2n) is 6.29. The van der Waals surface area contributed by atoms with E-state index in [0.29, 0.717) is 17.1 Å². The number of carbonyl (C=O) groups excluding carboxylic acids is 1. The number of anilines is 1. The van der Waals surface area contributed by atoms with Crippen molar-refractivity contribution < 1.29 is 4.79 Å². The molecule has 0 bridgehead atoms. The number of thiophene rings is 1. The smallest absolute Gasteiger partial charge is 0.229 e. The fourth-order valence-corrected chi connectivity index (χ4v) is 3.10. The van der Waals surface area contributed by atoms with Crippen LogP contribution in [-0.2, 0) is 4.79 Å². The molecule has 5 heteroatoms. The molecule has 20 heavy (non-hydrogen) atoms. The number of hydrogen-bond acceptors (Lipinski definition) is 4. The molecule has 4 nitrogen and oxygen atoms in total. The van der Waals surface area contributed by atoms with Gasteiger partial charge in [0.2, 0.25) is 5.91 Å². The second kappa shape index (κ2) is 6.38. The Balaban J connectivity index is 2.90. The van der Waals surface area contributed by atoms with Crippen molar-refractivity contribution in [3.63, 3.8) is 0 Å². The van der Waals surface area contributed by atoms with E-state index in [2.05, 4.69) is 32.2 Å². The van der Waals surface area contributed by atoms with E-state index in [-0.39, 0.29) is 17.2 Å². The Morgan fingerprint density at radius 1 is 1.45 bits per heavy atom. The number of nitrogens with zero attached hydrogens (tertiary/aromatic N) is 1. The average molecular weight is 293 g/mol. The lowest BCUT2D eigenvalue weighted by Crippen LogP contribution is -2.32. The number of amides is 1. The molecule has 1 atom stereocenters. The molecule has 0 aliphatic carbocycles. The largest absolute Gasteiger partial charge is 0.330 e. The predicted molar refractivity (Wildman–Crippen MR) is 83.8 cm³/mol. The van der Waals surface area contributed by atoms with Crippen LogP contribution in [0.3, 0.4) is 0 Å². The summed E-state index contributed by atoms with van der Waals surface area (Å²) in [5.74, 6) is -0.329. The minimum atomic E-state index is -0.232. The van der Waals surface area contributed by atoms with Crippen molar-refractivity contribution in [3.05, 3.63) is 16.0 Å². The number of nitrogens with two attached hydrogens (primary N) is 1. The number of aryl methyl sites for hydroxylation is 1. The molecule has 0 saturated carbocycles. The van der Waals surface area contributed by atoms with Crippen LogP contribution in [0.4, 0.5) is 5.00 Å². The molecule has 1 aromatic heterocycles. The van der Waals surface area contributed by atoms with E-state index in [1.165, 1.54) is 11.3 Å². The highest BCUT2D eigenvalue weighted by Crippen LogP contribution is 2.32. The topological polar surface area (TPSA) is 78.9 Å². The molecule has 0 fully saturated rings. The van der Waals surface area contributed by atoms with Gasteiger partial charge in [0.15, 0.2) is 0 Å². The van der Waals surface area contributed by atoms with Crippen molar-refractivity contribution in [2.24, 2.45) is 17.1 Å². The maximum absolute atomic E-state index is 12.3. The molecule has 0 saturated heterocycles. The van der Waals surface area contributed by atoms with E-state index in [9.17, 15) is 10.1 Å². The fourth-order valence-electron chi connectivity index (χ4n) is 2.09. The summed E-state index contributed by atoms with van der Waals surface area (Å²) >= 11 is 1.44. The van der Waals surface area contributed by atoms with Crippen LogP contribution < -0.4 is 11.1 Å². The van der Waals surface area contributed by atoms with Crippen LogP contribution in [0.25, 0.3) is 0 Å². The first-order valence-electron chi connectivity index (χ1n) is 6.70. The van der Waals surface area contributed by atoms with Crippen molar-refractivity contribution in [1.82, 2.24) is 0 Å². The van der Waals surface area contributed by atoms with Gasteiger partial charge in [-0.2, -0.15) is 5.26 Å². The molecule has 1 amide bonds. The summed E-state index contributed by atoms with van der Waals surface area (Å²) in [5, 5.41) is 12.7. The maximum Gasteiger partial charge on any atom is 0.229 e. The Labute approximate surface area is 125 Å². The first-order valence-corrected chi connectivity index (χ1v) is 7.52. The molecule has 0 aliphatic heterocycles. The molecule has 3 N–H and O–H groups in total. The maximum atomic E-state index is 12.3. The Kier molecular flexibility index (Phi) is 5.32. The van der Waals surface area contributed by atoms with E-state index in [4.69, 9.17) is 5.73 Å². The van der Waals surface area contributed by atoms with Gasteiger partial charge < -0.3 is 11.1 Å². The summed E-state index contributed by atoms with van der Waals surface area (Å²) in [4.78, 5) is 13.4. The van der Waals surface area contributed by atoms with Crippen molar-refractivity contribution >= 4 is 22.2 Å². The molecule has 1 rings (SSSR count). The molecule has 0 spiro atoms. The highest BCUT2D eigenvalue weighted by molar-refractivity contribution is 7.16. The molecule has 0 aliphatic rings. The van der Waals surface area contributed by atoms with Crippen molar-refractivity contribution in [1.29, 1.82) is 5.26 Å². The van der Waals surface area contributed by atoms with E-state index in [1.54, 1.807) is 0 Å². The van der Waals surface area contributed by atoms with Crippen LogP contribution in [0.1, 0.15) is 43.2 Å². The van der Waals surface area contributed by atoms with Gasteiger partial charge in [-0.1, -0.05) is 20.8 Å². The third kappa shape index (κ3) is 4.06. The summed E-state index contributed by atoms with van der Waals surface area (Å²) < 4.78 is 0. The summed E-state index contributed by atoms with van der Waals surface area (Å²) in [6, 6.07) is 2.16. The van der Waals surface area contributed by atoms with Gasteiger partial charge in [0, 0.05) is 11.4 Å². The molecule has 110 valence electrons. The second-order valence-corrected chi connectivity index (χ2v) is 7.51. The number of carbonyl (C=O) groups is 1. The lowest BCUT2D eigenvalue weighted by atomic mass is 9.84. The monoisotopic (exact) mass is 293 g/mol. The highest BCUT2D eigenvalue weighted by atomic mass is 32.1. The lowest BCUT2D eigenvalue weighted by molar-refractivity contribution is -0.120. The van der Waals surface area contributed by atoms with Crippen LogP contribution >= 0.6 is 11.3 Å². The third-order valence-electron chi connectivity index (χ3n) is 3.25. The van der Waals surface area contributed by atoms with Crippen molar-refractivity contribution in [2.75, 3.05) is 11.9 Å². The van der Waals surface area contributed by atoms with E-state index < -0.39 is 0 Å². The highest BCUT2D eigenvalue weighted by Gasteiger charge is 2.25. The standard InChI is InChI=1S/C15H23N3OS/c1-9-10(2)20-14(12(9)8-17)18-13(19)11(7-16)6-15(3,4)5/h11H,6-7,16H2,1-5H3,(H,18,19).